The van der Waals surface area contributed by atoms with E-state index in [9.17, 15) is 9.18 Å². The van der Waals surface area contributed by atoms with Crippen LogP contribution in [0.3, 0.4) is 0 Å². The highest BCUT2D eigenvalue weighted by molar-refractivity contribution is 6.03. The molecule has 0 saturated heterocycles. The quantitative estimate of drug-likeness (QED) is 0.676. The van der Waals surface area contributed by atoms with Crippen LogP contribution in [-0.2, 0) is 0 Å². The lowest BCUT2D eigenvalue weighted by atomic mass is 10.2. The molecule has 0 spiro atoms. The van der Waals surface area contributed by atoms with Gasteiger partial charge in [0.1, 0.15) is 23.1 Å². The highest BCUT2D eigenvalue weighted by atomic mass is 19.1. The molecule has 0 aliphatic rings. The topological polar surface area (TPSA) is 76.1 Å². The van der Waals surface area contributed by atoms with Crippen molar-refractivity contribution >= 4 is 23.1 Å². The maximum atomic E-state index is 12.9. The molecule has 0 atom stereocenters. The number of para-hydroxylation sites is 2. The van der Waals surface area contributed by atoms with Crippen LogP contribution in [0.25, 0.3) is 0 Å². The number of ether oxygens (including phenoxy) is 1. The van der Waals surface area contributed by atoms with E-state index in [1.807, 2.05) is 26.0 Å². The average molecular weight is 366 g/mol. The first-order valence-corrected chi connectivity index (χ1v) is 8.43. The Labute approximate surface area is 156 Å². The van der Waals surface area contributed by atoms with Gasteiger partial charge in [0.2, 0.25) is 0 Å². The summed E-state index contributed by atoms with van der Waals surface area (Å²) in [5, 5.41) is 5.76. The molecule has 1 aromatic heterocycles. The van der Waals surface area contributed by atoms with Crippen molar-refractivity contribution in [3.05, 3.63) is 72.4 Å². The summed E-state index contributed by atoms with van der Waals surface area (Å²) in [5.41, 5.74) is 1.40. The van der Waals surface area contributed by atoms with Crippen molar-refractivity contribution in [2.45, 2.75) is 20.0 Å². The zero-order valence-electron chi connectivity index (χ0n) is 14.9. The zero-order valence-corrected chi connectivity index (χ0v) is 14.9. The molecule has 0 aliphatic carbocycles. The molecule has 0 radical (unpaired) electrons. The number of hydrogen-bond donors (Lipinski definition) is 2. The summed E-state index contributed by atoms with van der Waals surface area (Å²) in [6.45, 7) is 3.83. The third kappa shape index (κ3) is 5.01. The Hall–Kier alpha value is -3.48. The number of amides is 1. The second-order valence-corrected chi connectivity index (χ2v) is 6.04. The fraction of sp³-hybridized carbons (Fsp3) is 0.150. The number of carbonyl (C=O) groups excluding carboxylic acids is 1. The smallest absolute Gasteiger partial charge is 0.275 e. The molecule has 0 aliphatic heterocycles. The first kappa shape index (κ1) is 18.3. The van der Waals surface area contributed by atoms with Gasteiger partial charge in [-0.05, 0) is 50.2 Å². The Morgan fingerprint density at radius 2 is 1.78 bits per heavy atom. The SMILES string of the molecule is CC(C)Oc1ccccc1NC(=O)c1cnc(Nc2ccc(F)cc2)cn1. The molecule has 0 unspecified atom stereocenters. The monoisotopic (exact) mass is 366 g/mol. The van der Waals surface area contributed by atoms with Crippen molar-refractivity contribution < 1.29 is 13.9 Å². The van der Waals surface area contributed by atoms with E-state index in [0.29, 0.717) is 22.9 Å². The number of hydrogen-bond acceptors (Lipinski definition) is 5. The van der Waals surface area contributed by atoms with Crippen LogP contribution in [0.5, 0.6) is 5.75 Å². The van der Waals surface area contributed by atoms with Crippen LogP contribution in [-0.4, -0.2) is 22.0 Å². The highest BCUT2D eigenvalue weighted by Gasteiger charge is 2.12. The molecule has 2 aromatic carbocycles. The zero-order chi connectivity index (χ0) is 19.2. The molecule has 6 nitrogen and oxygen atoms in total. The van der Waals surface area contributed by atoms with Crippen molar-refractivity contribution in [2.75, 3.05) is 10.6 Å². The fourth-order valence-corrected chi connectivity index (χ4v) is 2.30. The Bertz CT molecular complexity index is 912. The van der Waals surface area contributed by atoms with Gasteiger partial charge in [-0.3, -0.25) is 4.79 Å². The van der Waals surface area contributed by atoms with Crippen molar-refractivity contribution in [1.29, 1.82) is 0 Å². The minimum atomic E-state index is -0.393. The Balaban J connectivity index is 1.68. The largest absolute Gasteiger partial charge is 0.489 e. The summed E-state index contributed by atoms with van der Waals surface area (Å²) < 4.78 is 18.6. The van der Waals surface area contributed by atoms with Crippen LogP contribution in [0.15, 0.2) is 60.9 Å². The molecule has 3 rings (SSSR count). The summed E-state index contributed by atoms with van der Waals surface area (Å²) in [5.74, 6) is 0.320. The van der Waals surface area contributed by atoms with Gasteiger partial charge in [-0.2, -0.15) is 0 Å². The second kappa shape index (κ2) is 8.27. The number of benzene rings is 2. The summed E-state index contributed by atoms with van der Waals surface area (Å²) >= 11 is 0. The van der Waals surface area contributed by atoms with E-state index in [1.54, 1.807) is 24.3 Å². The number of rotatable bonds is 6. The van der Waals surface area contributed by atoms with Crippen LogP contribution >= 0.6 is 0 Å². The van der Waals surface area contributed by atoms with E-state index in [2.05, 4.69) is 20.6 Å². The molecule has 0 fully saturated rings. The third-order valence-electron chi connectivity index (χ3n) is 3.50. The van der Waals surface area contributed by atoms with Crippen LogP contribution in [0, 0.1) is 5.82 Å². The first-order valence-electron chi connectivity index (χ1n) is 8.43. The van der Waals surface area contributed by atoms with Crippen LogP contribution in [0.1, 0.15) is 24.3 Å². The van der Waals surface area contributed by atoms with Gasteiger partial charge in [-0.25, -0.2) is 14.4 Å². The van der Waals surface area contributed by atoms with E-state index in [0.717, 1.165) is 0 Å². The van der Waals surface area contributed by atoms with Crippen LogP contribution in [0.2, 0.25) is 0 Å². The lowest BCUT2D eigenvalue weighted by Crippen LogP contribution is -2.16. The minimum Gasteiger partial charge on any atom is -0.489 e. The standard InChI is InChI=1S/C20H19FN4O2/c1-13(2)27-18-6-4-3-5-16(18)25-20(26)17-11-23-19(12-22-17)24-15-9-7-14(21)8-10-15/h3-13H,1-2H3,(H,23,24)(H,25,26). The molecule has 7 heteroatoms. The molecule has 2 N–H and O–H groups in total. The van der Waals surface area contributed by atoms with E-state index in [4.69, 9.17) is 4.74 Å². The van der Waals surface area contributed by atoms with Gasteiger partial charge >= 0.3 is 0 Å². The molecular weight excluding hydrogens is 347 g/mol. The lowest BCUT2D eigenvalue weighted by Gasteiger charge is -2.14. The molecule has 1 heterocycles. The third-order valence-corrected chi connectivity index (χ3v) is 3.50. The fourth-order valence-electron chi connectivity index (χ4n) is 2.30. The molecule has 27 heavy (non-hydrogen) atoms. The Kier molecular flexibility index (Phi) is 5.61. The summed E-state index contributed by atoms with van der Waals surface area (Å²) in [6, 6.07) is 13.0. The average Bonchev–Trinajstić information content (AvgIpc) is 2.65. The molecule has 0 bridgehead atoms. The molecule has 138 valence electrons. The first-order chi connectivity index (χ1) is 13.0. The number of aromatic nitrogens is 2. The summed E-state index contributed by atoms with van der Waals surface area (Å²) in [7, 11) is 0. The summed E-state index contributed by atoms with van der Waals surface area (Å²) in [4.78, 5) is 20.7. The van der Waals surface area contributed by atoms with Gasteiger partial charge in [0, 0.05) is 5.69 Å². The van der Waals surface area contributed by atoms with Crippen LogP contribution < -0.4 is 15.4 Å². The van der Waals surface area contributed by atoms with Crippen molar-refractivity contribution in [2.24, 2.45) is 0 Å². The number of nitrogens with one attached hydrogen (secondary N) is 2. The van der Waals surface area contributed by atoms with Gasteiger partial charge in [0.25, 0.3) is 5.91 Å². The summed E-state index contributed by atoms with van der Waals surface area (Å²) in [6.07, 6.45) is 2.79. The van der Waals surface area contributed by atoms with Gasteiger partial charge in [0.05, 0.1) is 24.2 Å². The predicted octanol–water partition coefficient (Wildman–Crippen LogP) is 4.40. The number of halogens is 1. The van der Waals surface area contributed by atoms with Crippen molar-refractivity contribution in [1.82, 2.24) is 9.97 Å². The maximum Gasteiger partial charge on any atom is 0.275 e. The Morgan fingerprint density at radius 3 is 2.44 bits per heavy atom. The number of carbonyl (C=O) groups is 1. The molecule has 3 aromatic rings. The lowest BCUT2D eigenvalue weighted by molar-refractivity contribution is 0.102. The molecule has 0 saturated carbocycles. The molecular formula is C20H19FN4O2. The second-order valence-electron chi connectivity index (χ2n) is 6.04. The molecule has 1 amide bonds. The highest BCUT2D eigenvalue weighted by Crippen LogP contribution is 2.25. The van der Waals surface area contributed by atoms with E-state index >= 15 is 0 Å². The van der Waals surface area contributed by atoms with Crippen LogP contribution in [0.4, 0.5) is 21.6 Å². The van der Waals surface area contributed by atoms with Gasteiger partial charge in [-0.1, -0.05) is 12.1 Å². The van der Waals surface area contributed by atoms with Gasteiger partial charge < -0.3 is 15.4 Å². The number of anilines is 3. The normalized spacial score (nSPS) is 10.5. The van der Waals surface area contributed by atoms with E-state index in [-0.39, 0.29) is 17.6 Å². The van der Waals surface area contributed by atoms with Crippen molar-refractivity contribution in [3.63, 3.8) is 0 Å². The maximum absolute atomic E-state index is 12.9. The predicted molar refractivity (Wildman–Crippen MR) is 102 cm³/mol. The Morgan fingerprint density at radius 1 is 1.04 bits per heavy atom. The van der Waals surface area contributed by atoms with Crippen molar-refractivity contribution in [3.8, 4) is 5.75 Å². The number of nitrogens with zero attached hydrogens (tertiary/aromatic N) is 2. The van der Waals surface area contributed by atoms with Gasteiger partial charge in [-0.15, -0.1) is 0 Å². The van der Waals surface area contributed by atoms with E-state index in [1.165, 1.54) is 24.5 Å². The van der Waals surface area contributed by atoms with E-state index < -0.39 is 5.91 Å². The minimum absolute atomic E-state index is 0.0142. The van der Waals surface area contributed by atoms with Gasteiger partial charge in [0.15, 0.2) is 0 Å².